The number of benzene rings is 1. The van der Waals surface area contributed by atoms with Gasteiger partial charge in [-0.1, -0.05) is 30.1 Å². The lowest BCUT2D eigenvalue weighted by Crippen LogP contribution is -2.26. The number of nitrogens with one attached hydrogen (secondary N) is 2. The molecule has 0 radical (unpaired) electrons. The van der Waals surface area contributed by atoms with Crippen molar-refractivity contribution in [2.24, 2.45) is 5.92 Å². The van der Waals surface area contributed by atoms with E-state index in [-0.39, 0.29) is 9.92 Å². The van der Waals surface area contributed by atoms with Gasteiger partial charge in [0.1, 0.15) is 4.90 Å². The highest BCUT2D eigenvalue weighted by Gasteiger charge is 2.26. The molecule has 2 rings (SSSR count). The van der Waals surface area contributed by atoms with Crippen molar-refractivity contribution in [3.8, 4) is 0 Å². The van der Waals surface area contributed by atoms with Crippen LogP contribution in [-0.4, -0.2) is 21.5 Å². The van der Waals surface area contributed by atoms with Gasteiger partial charge in [0, 0.05) is 18.1 Å². The Balaban J connectivity index is 2.24. The quantitative estimate of drug-likeness (QED) is 0.804. The summed E-state index contributed by atoms with van der Waals surface area (Å²) in [5.74, 6) is 0.470. The molecule has 1 aromatic rings. The highest BCUT2D eigenvalue weighted by atomic mass is 35.5. The summed E-state index contributed by atoms with van der Waals surface area (Å²) in [7, 11) is -3.58. The molecule has 0 aromatic heterocycles. The molecular weight excluding hydrogens is 319 g/mol. The smallest absolute Gasteiger partial charge is 0.242 e. The molecule has 1 fully saturated rings. The third kappa shape index (κ3) is 4.09. The van der Waals surface area contributed by atoms with Gasteiger partial charge in [-0.2, -0.15) is 0 Å². The highest BCUT2D eigenvalue weighted by molar-refractivity contribution is 7.89. The summed E-state index contributed by atoms with van der Waals surface area (Å²) in [5.41, 5.74) is 0.727. The third-order valence-corrected chi connectivity index (χ3v) is 5.45. The zero-order chi connectivity index (χ0) is 14.8. The lowest BCUT2D eigenvalue weighted by atomic mass is 10.2. The van der Waals surface area contributed by atoms with Crippen LogP contribution in [0.25, 0.3) is 0 Å². The molecule has 2 N–H and O–H groups in total. The van der Waals surface area contributed by atoms with E-state index in [0.717, 1.165) is 24.9 Å². The van der Waals surface area contributed by atoms with Gasteiger partial charge in [0.15, 0.2) is 0 Å². The fourth-order valence-electron chi connectivity index (χ4n) is 1.80. The van der Waals surface area contributed by atoms with Crippen LogP contribution in [0.5, 0.6) is 0 Å². The van der Waals surface area contributed by atoms with Gasteiger partial charge >= 0.3 is 0 Å². The average molecular weight is 337 g/mol. The van der Waals surface area contributed by atoms with Crippen LogP contribution in [0.1, 0.15) is 25.3 Å². The Labute approximate surface area is 129 Å². The zero-order valence-corrected chi connectivity index (χ0v) is 13.6. The second-order valence-electron chi connectivity index (χ2n) is 4.95. The van der Waals surface area contributed by atoms with Crippen molar-refractivity contribution in [3.63, 3.8) is 0 Å². The Morgan fingerprint density at radius 1 is 1.25 bits per heavy atom. The minimum absolute atomic E-state index is 0.0946. The molecule has 0 heterocycles. The molecule has 0 aliphatic heterocycles. The van der Waals surface area contributed by atoms with Crippen molar-refractivity contribution in [1.29, 1.82) is 0 Å². The van der Waals surface area contributed by atoms with E-state index in [2.05, 4.69) is 10.0 Å². The first kappa shape index (κ1) is 16.0. The van der Waals surface area contributed by atoms with Crippen molar-refractivity contribution < 1.29 is 8.42 Å². The molecule has 1 aromatic carbocycles. The first-order valence-electron chi connectivity index (χ1n) is 6.62. The van der Waals surface area contributed by atoms with E-state index in [1.165, 1.54) is 6.07 Å². The number of sulfonamides is 1. The van der Waals surface area contributed by atoms with Crippen LogP contribution < -0.4 is 10.0 Å². The van der Waals surface area contributed by atoms with Gasteiger partial charge in [0.25, 0.3) is 0 Å². The van der Waals surface area contributed by atoms with Crippen LogP contribution in [0.4, 0.5) is 0 Å². The van der Waals surface area contributed by atoms with Crippen LogP contribution in [0, 0.1) is 5.92 Å². The van der Waals surface area contributed by atoms with Crippen LogP contribution >= 0.6 is 23.2 Å². The van der Waals surface area contributed by atoms with Gasteiger partial charge in [-0.3, -0.25) is 0 Å². The number of rotatable bonds is 7. The SMILES string of the molecule is CCNCc1cc(S(=O)(=O)NCC2CC2)c(Cl)cc1Cl. The fourth-order valence-corrected chi connectivity index (χ4v) is 3.78. The molecule has 0 atom stereocenters. The largest absolute Gasteiger partial charge is 0.313 e. The van der Waals surface area contributed by atoms with Crippen molar-refractivity contribution >= 4 is 33.2 Å². The minimum atomic E-state index is -3.58. The van der Waals surface area contributed by atoms with Crippen molar-refractivity contribution in [2.45, 2.75) is 31.2 Å². The van der Waals surface area contributed by atoms with Crippen LogP contribution in [0.15, 0.2) is 17.0 Å². The Bertz CT molecular complexity index is 586. The topological polar surface area (TPSA) is 58.2 Å². The van der Waals surface area contributed by atoms with Crippen molar-refractivity contribution in [3.05, 3.63) is 27.7 Å². The molecule has 1 saturated carbocycles. The second-order valence-corrected chi connectivity index (χ2v) is 7.50. The monoisotopic (exact) mass is 336 g/mol. The molecule has 1 aliphatic carbocycles. The van der Waals surface area contributed by atoms with Crippen LogP contribution in [0.2, 0.25) is 10.0 Å². The standard InChI is InChI=1S/C13H18Cl2N2O2S/c1-2-16-8-10-5-13(12(15)6-11(10)14)20(18,19)17-7-9-3-4-9/h5-6,9,16-17H,2-4,7-8H2,1H3. The molecule has 4 nitrogen and oxygen atoms in total. The molecule has 0 saturated heterocycles. The van der Waals surface area contributed by atoms with Crippen molar-refractivity contribution in [1.82, 2.24) is 10.0 Å². The number of hydrogen-bond acceptors (Lipinski definition) is 3. The van der Waals surface area contributed by atoms with Gasteiger partial charge in [0.05, 0.1) is 5.02 Å². The first-order valence-corrected chi connectivity index (χ1v) is 8.86. The van der Waals surface area contributed by atoms with Gasteiger partial charge in [-0.05, 0) is 43.0 Å². The summed E-state index contributed by atoms with van der Waals surface area (Å²) >= 11 is 12.1. The number of halogens is 2. The van der Waals surface area contributed by atoms with E-state index < -0.39 is 10.0 Å². The summed E-state index contributed by atoms with van der Waals surface area (Å²) in [6, 6.07) is 3.03. The Hall–Kier alpha value is -0.330. The molecule has 0 unspecified atom stereocenters. The minimum Gasteiger partial charge on any atom is -0.313 e. The predicted octanol–water partition coefficient (Wildman–Crippen LogP) is 2.79. The Morgan fingerprint density at radius 2 is 1.95 bits per heavy atom. The van der Waals surface area contributed by atoms with Crippen LogP contribution in [0.3, 0.4) is 0 Å². The van der Waals surface area contributed by atoms with E-state index in [9.17, 15) is 8.42 Å². The van der Waals surface area contributed by atoms with Crippen LogP contribution in [-0.2, 0) is 16.6 Å². The van der Waals surface area contributed by atoms with Gasteiger partial charge in [-0.25, -0.2) is 13.1 Å². The number of hydrogen-bond donors (Lipinski definition) is 2. The van der Waals surface area contributed by atoms with Gasteiger partial charge in [0.2, 0.25) is 10.0 Å². The highest BCUT2D eigenvalue weighted by Crippen LogP contribution is 2.31. The zero-order valence-electron chi connectivity index (χ0n) is 11.2. The maximum absolute atomic E-state index is 12.3. The van der Waals surface area contributed by atoms with E-state index in [4.69, 9.17) is 23.2 Å². The second kappa shape index (κ2) is 6.62. The first-order chi connectivity index (χ1) is 9.44. The average Bonchev–Trinajstić information content (AvgIpc) is 3.19. The summed E-state index contributed by atoms with van der Waals surface area (Å²) in [6.45, 7) is 3.74. The van der Waals surface area contributed by atoms with E-state index >= 15 is 0 Å². The maximum Gasteiger partial charge on any atom is 0.242 e. The predicted molar refractivity (Wildman–Crippen MR) is 81.8 cm³/mol. The summed E-state index contributed by atoms with van der Waals surface area (Å²) in [5, 5.41) is 3.74. The molecule has 1 aliphatic rings. The molecule has 7 heteroatoms. The lowest BCUT2D eigenvalue weighted by Gasteiger charge is -2.12. The Kier molecular flexibility index (Phi) is 5.31. The summed E-state index contributed by atoms with van der Waals surface area (Å²) in [6.07, 6.45) is 2.17. The molecule has 0 bridgehead atoms. The molecule has 20 heavy (non-hydrogen) atoms. The van der Waals surface area contributed by atoms with Crippen molar-refractivity contribution in [2.75, 3.05) is 13.1 Å². The van der Waals surface area contributed by atoms with E-state index in [0.29, 0.717) is 24.0 Å². The molecule has 112 valence electrons. The molecule has 0 spiro atoms. The lowest BCUT2D eigenvalue weighted by molar-refractivity contribution is 0.577. The third-order valence-electron chi connectivity index (χ3n) is 3.21. The van der Waals surface area contributed by atoms with E-state index in [1.54, 1.807) is 6.07 Å². The maximum atomic E-state index is 12.3. The van der Waals surface area contributed by atoms with Gasteiger partial charge in [-0.15, -0.1) is 0 Å². The Morgan fingerprint density at radius 3 is 2.55 bits per heavy atom. The van der Waals surface area contributed by atoms with Gasteiger partial charge < -0.3 is 5.32 Å². The fraction of sp³-hybridized carbons (Fsp3) is 0.538. The summed E-state index contributed by atoms with van der Waals surface area (Å²) in [4.78, 5) is 0.0946. The van der Waals surface area contributed by atoms with E-state index in [1.807, 2.05) is 6.92 Å². The molecule has 0 amide bonds. The molecular formula is C13H18Cl2N2O2S. The summed E-state index contributed by atoms with van der Waals surface area (Å²) < 4.78 is 27.1. The normalized spacial score (nSPS) is 15.6.